The third-order valence-electron chi connectivity index (χ3n) is 5.73. The Hall–Kier alpha value is -2.63. The van der Waals surface area contributed by atoms with Crippen molar-refractivity contribution in [3.63, 3.8) is 0 Å². The molecule has 1 fully saturated rings. The van der Waals surface area contributed by atoms with Gasteiger partial charge in [-0.15, -0.1) is 0 Å². The molecule has 0 aromatic carbocycles. The number of aromatic nitrogens is 3. The number of nitrogens with one attached hydrogen (secondary N) is 1. The number of pyridine rings is 1. The molecule has 0 spiro atoms. The number of amides is 1. The van der Waals surface area contributed by atoms with Crippen LogP contribution in [0.25, 0.3) is 0 Å². The molecule has 3 rings (SSSR count). The maximum absolute atomic E-state index is 13.0. The fraction of sp³-hybridized carbons (Fsp3) is 0.565. The first kappa shape index (κ1) is 26.0. The molecule has 1 aliphatic rings. The summed E-state index contributed by atoms with van der Waals surface area (Å²) in [6.07, 6.45) is 4.76. The molecule has 0 radical (unpaired) electrons. The van der Waals surface area contributed by atoms with Crippen molar-refractivity contribution >= 4 is 16.1 Å². The molecule has 2 N–H and O–H groups in total. The molecule has 0 saturated carbocycles. The van der Waals surface area contributed by atoms with Gasteiger partial charge in [0, 0.05) is 49.3 Å². The van der Waals surface area contributed by atoms with Gasteiger partial charge in [0.25, 0.3) is 0 Å². The Labute approximate surface area is 200 Å². The van der Waals surface area contributed by atoms with Gasteiger partial charge in [-0.05, 0) is 63.3 Å². The van der Waals surface area contributed by atoms with Gasteiger partial charge >= 0.3 is 6.09 Å². The average molecular weight is 492 g/mol. The molecule has 186 valence electrons. The van der Waals surface area contributed by atoms with E-state index in [9.17, 15) is 13.2 Å². The van der Waals surface area contributed by atoms with Crippen molar-refractivity contribution in [3.05, 3.63) is 53.4 Å². The number of carboxylic acid groups (broad SMARTS) is 1. The zero-order valence-electron chi connectivity index (χ0n) is 19.7. The number of hydrogen-bond donors (Lipinski definition) is 2. The minimum Gasteiger partial charge on any atom is -0.465 e. The molecule has 0 aliphatic carbocycles. The molecule has 11 heteroatoms. The standard InChI is InChI=1S/C23H33N5O5S/c1-17-13-19(14-18(2)26-17)15-33-21-7-11-28(12-8-21)34(31,32)16-20(27-23(29)30)5-3-6-22-24-9-4-10-25-22/h4,9-10,13-14,20-21,27H,3,5-8,11-12,15-16H2,1-2H3,(H,29,30). The van der Waals surface area contributed by atoms with E-state index >= 15 is 0 Å². The molecule has 10 nitrogen and oxygen atoms in total. The lowest BCUT2D eigenvalue weighted by Gasteiger charge is -2.32. The molecule has 2 aromatic heterocycles. The Morgan fingerprint density at radius 1 is 1.21 bits per heavy atom. The van der Waals surface area contributed by atoms with Crippen molar-refractivity contribution in [2.75, 3.05) is 18.8 Å². The molecule has 34 heavy (non-hydrogen) atoms. The maximum Gasteiger partial charge on any atom is 0.404 e. The van der Waals surface area contributed by atoms with E-state index in [1.54, 1.807) is 18.5 Å². The van der Waals surface area contributed by atoms with Crippen LogP contribution in [0.3, 0.4) is 0 Å². The summed E-state index contributed by atoms with van der Waals surface area (Å²) in [5, 5.41) is 11.5. The molecule has 0 bridgehead atoms. The summed E-state index contributed by atoms with van der Waals surface area (Å²) in [4.78, 5) is 23.9. The normalized spacial score (nSPS) is 16.3. The smallest absolute Gasteiger partial charge is 0.404 e. The van der Waals surface area contributed by atoms with E-state index < -0.39 is 22.2 Å². The number of ether oxygens (including phenoxy) is 1. The molecule has 2 aromatic rings. The highest BCUT2D eigenvalue weighted by Gasteiger charge is 2.31. The quantitative estimate of drug-likeness (QED) is 0.489. The van der Waals surface area contributed by atoms with Crippen molar-refractivity contribution in [2.45, 2.75) is 64.7 Å². The Balaban J connectivity index is 1.48. The third-order valence-corrected chi connectivity index (χ3v) is 7.71. The monoisotopic (exact) mass is 491 g/mol. The number of sulfonamides is 1. The number of hydrogen-bond acceptors (Lipinski definition) is 7. The molecule has 1 unspecified atom stereocenters. The molecule has 3 heterocycles. The van der Waals surface area contributed by atoms with Crippen LogP contribution in [0.15, 0.2) is 30.6 Å². The first-order chi connectivity index (χ1) is 16.2. The second-order valence-corrected chi connectivity index (χ2v) is 10.7. The third kappa shape index (κ3) is 8.30. The number of carbonyl (C=O) groups is 1. The number of piperidine rings is 1. The van der Waals surface area contributed by atoms with Crippen LogP contribution in [0.4, 0.5) is 4.79 Å². The van der Waals surface area contributed by atoms with Gasteiger partial charge in [-0.1, -0.05) is 0 Å². The van der Waals surface area contributed by atoms with Gasteiger partial charge in [-0.25, -0.2) is 27.5 Å². The topological polar surface area (TPSA) is 135 Å². The van der Waals surface area contributed by atoms with Gasteiger partial charge in [-0.2, -0.15) is 0 Å². The van der Waals surface area contributed by atoms with Crippen molar-refractivity contribution in [1.82, 2.24) is 24.6 Å². The van der Waals surface area contributed by atoms with E-state index in [0.717, 1.165) is 17.0 Å². The van der Waals surface area contributed by atoms with E-state index in [2.05, 4.69) is 20.3 Å². The van der Waals surface area contributed by atoms with E-state index in [1.807, 2.05) is 26.0 Å². The highest BCUT2D eigenvalue weighted by atomic mass is 32.2. The Kier molecular flexibility index (Phi) is 9.31. The molecular formula is C23H33N5O5S. The Bertz CT molecular complexity index is 1020. The highest BCUT2D eigenvalue weighted by molar-refractivity contribution is 7.89. The lowest BCUT2D eigenvalue weighted by atomic mass is 10.1. The lowest BCUT2D eigenvalue weighted by Crippen LogP contribution is -2.47. The van der Waals surface area contributed by atoms with Crippen molar-refractivity contribution in [1.29, 1.82) is 0 Å². The van der Waals surface area contributed by atoms with Crippen LogP contribution in [-0.4, -0.2) is 69.9 Å². The summed E-state index contributed by atoms with van der Waals surface area (Å²) in [5.74, 6) is 0.384. The summed E-state index contributed by atoms with van der Waals surface area (Å²) in [6.45, 7) is 5.08. The summed E-state index contributed by atoms with van der Waals surface area (Å²) in [7, 11) is -3.61. The van der Waals surface area contributed by atoms with Crippen LogP contribution in [0.2, 0.25) is 0 Å². The summed E-state index contributed by atoms with van der Waals surface area (Å²) in [5.41, 5.74) is 2.95. The van der Waals surface area contributed by atoms with E-state index in [-0.39, 0.29) is 11.9 Å². The van der Waals surface area contributed by atoms with Crippen molar-refractivity contribution in [3.8, 4) is 0 Å². The Morgan fingerprint density at radius 2 is 1.85 bits per heavy atom. The number of aryl methyl sites for hydroxylation is 3. The van der Waals surface area contributed by atoms with Crippen LogP contribution < -0.4 is 5.32 Å². The molecule has 1 aliphatic heterocycles. The predicted octanol–water partition coefficient (Wildman–Crippen LogP) is 2.46. The predicted molar refractivity (Wildman–Crippen MR) is 127 cm³/mol. The second kappa shape index (κ2) is 12.2. The van der Waals surface area contributed by atoms with E-state index in [0.29, 0.717) is 57.6 Å². The van der Waals surface area contributed by atoms with Gasteiger partial charge in [0.2, 0.25) is 10.0 Å². The van der Waals surface area contributed by atoms with Crippen LogP contribution in [0.1, 0.15) is 48.5 Å². The van der Waals surface area contributed by atoms with E-state index in [4.69, 9.17) is 9.84 Å². The van der Waals surface area contributed by atoms with Crippen molar-refractivity contribution in [2.24, 2.45) is 0 Å². The van der Waals surface area contributed by atoms with Gasteiger partial charge in [0.1, 0.15) is 5.82 Å². The molecule has 1 saturated heterocycles. The van der Waals surface area contributed by atoms with Gasteiger partial charge in [0.05, 0.1) is 18.5 Å². The molecule has 1 amide bonds. The van der Waals surface area contributed by atoms with Gasteiger partial charge in [-0.3, -0.25) is 4.98 Å². The molecular weight excluding hydrogens is 458 g/mol. The maximum atomic E-state index is 13.0. The van der Waals surface area contributed by atoms with E-state index in [1.165, 1.54) is 4.31 Å². The van der Waals surface area contributed by atoms with Crippen LogP contribution in [-0.2, 0) is 27.8 Å². The summed E-state index contributed by atoms with van der Waals surface area (Å²) < 4.78 is 33.5. The Morgan fingerprint density at radius 3 is 2.47 bits per heavy atom. The van der Waals surface area contributed by atoms with Crippen molar-refractivity contribution < 1.29 is 23.1 Å². The largest absolute Gasteiger partial charge is 0.465 e. The zero-order valence-corrected chi connectivity index (χ0v) is 20.5. The fourth-order valence-corrected chi connectivity index (χ4v) is 5.93. The number of nitrogens with zero attached hydrogens (tertiary/aromatic N) is 4. The average Bonchev–Trinajstić information content (AvgIpc) is 2.77. The second-order valence-electron chi connectivity index (χ2n) is 8.65. The number of rotatable bonds is 11. The molecule has 1 atom stereocenters. The van der Waals surface area contributed by atoms with Crippen LogP contribution in [0.5, 0.6) is 0 Å². The SMILES string of the molecule is Cc1cc(COC2CCN(S(=O)(=O)CC(CCCc3ncccn3)NC(=O)O)CC2)cc(C)n1. The van der Waals surface area contributed by atoms with Crippen LogP contribution in [0, 0.1) is 13.8 Å². The van der Waals surface area contributed by atoms with Crippen LogP contribution >= 0.6 is 0 Å². The minimum absolute atomic E-state index is 0.0148. The summed E-state index contributed by atoms with van der Waals surface area (Å²) >= 11 is 0. The minimum atomic E-state index is -3.61. The fourth-order valence-electron chi connectivity index (χ4n) is 4.19. The first-order valence-electron chi connectivity index (χ1n) is 11.5. The first-order valence-corrected chi connectivity index (χ1v) is 13.1. The van der Waals surface area contributed by atoms with Gasteiger partial charge < -0.3 is 15.2 Å². The van der Waals surface area contributed by atoms with Gasteiger partial charge in [0.15, 0.2) is 0 Å². The highest BCUT2D eigenvalue weighted by Crippen LogP contribution is 2.20. The zero-order chi connectivity index (χ0) is 24.6. The summed E-state index contributed by atoms with van der Waals surface area (Å²) in [6, 6.07) is 5.01. The lowest BCUT2D eigenvalue weighted by molar-refractivity contribution is 0.0101.